The van der Waals surface area contributed by atoms with Crippen LogP contribution in [0.2, 0.25) is 0 Å². The van der Waals surface area contributed by atoms with Crippen molar-refractivity contribution in [1.29, 1.82) is 0 Å². The summed E-state index contributed by atoms with van der Waals surface area (Å²) in [6.07, 6.45) is -16.8. The lowest BCUT2D eigenvalue weighted by atomic mass is 9.97. The number of rotatable bonds is 11. The number of carbonyl (C=O) groups is 7. The Balaban J connectivity index is 2.48. The molecular weight excluding hydrogens is 603 g/mol. The third kappa shape index (κ3) is 10.7. The van der Waals surface area contributed by atoms with Crippen molar-refractivity contribution in [3.05, 3.63) is 0 Å². The molecule has 44 heavy (non-hydrogen) atoms. The standard InChI is InChI=1S/C26H35FO17/c1-10(28)35-8-18-20(38-12(3)30)22(40-14(5)32)24(42-16(7)34)26(44-18)36-9-17-19(37-11(2)29)21(39-13(4)31)23(25(27)43-17)41-15(6)33/h17-26H,8-9H2,1-7H3/t17-,18-,19+,20+,21+,22+,23-,24-,25+,26+/m1/s1. The molecule has 2 aliphatic heterocycles. The second-order valence-corrected chi connectivity index (χ2v) is 9.65. The number of alkyl halides is 1. The van der Waals surface area contributed by atoms with Crippen LogP contribution in [0.4, 0.5) is 4.39 Å². The van der Waals surface area contributed by atoms with E-state index >= 15 is 4.39 Å². The number of ether oxygens (including phenoxy) is 10. The minimum Gasteiger partial charge on any atom is -0.463 e. The maximum atomic E-state index is 15.2. The highest BCUT2D eigenvalue weighted by Gasteiger charge is 2.55. The van der Waals surface area contributed by atoms with Crippen LogP contribution in [0.1, 0.15) is 48.5 Å². The molecule has 0 amide bonds. The summed E-state index contributed by atoms with van der Waals surface area (Å²) < 4.78 is 68.2. The third-order valence-electron chi connectivity index (χ3n) is 5.86. The zero-order valence-corrected chi connectivity index (χ0v) is 25.0. The SMILES string of the molecule is CC(=O)OC[C@H]1O[C@H](OC[C@H]2O[C@H](F)[C@H](OC(C)=O)[C@@H](OC(C)=O)[C@H]2OC(C)=O)[C@H](OC(C)=O)[C@@H](OC(C)=O)[C@H]1OC(C)=O. The van der Waals surface area contributed by atoms with Crippen molar-refractivity contribution >= 4 is 41.8 Å². The molecule has 0 spiro atoms. The molecule has 0 aliphatic carbocycles. The minimum atomic E-state index is -2.40. The molecule has 2 aliphatic rings. The Morgan fingerprint density at radius 2 is 0.841 bits per heavy atom. The maximum absolute atomic E-state index is 15.2. The number of halogens is 1. The second-order valence-electron chi connectivity index (χ2n) is 9.65. The van der Waals surface area contributed by atoms with Crippen LogP contribution in [0.15, 0.2) is 0 Å². The van der Waals surface area contributed by atoms with Gasteiger partial charge in [0, 0.05) is 48.5 Å². The van der Waals surface area contributed by atoms with E-state index in [0.29, 0.717) is 0 Å². The van der Waals surface area contributed by atoms with E-state index in [9.17, 15) is 33.6 Å². The lowest BCUT2D eigenvalue weighted by molar-refractivity contribution is -0.324. The molecule has 248 valence electrons. The molecule has 17 nitrogen and oxygen atoms in total. The van der Waals surface area contributed by atoms with Crippen LogP contribution in [0.5, 0.6) is 0 Å². The first kappa shape index (κ1) is 36.3. The maximum Gasteiger partial charge on any atom is 0.303 e. The zero-order chi connectivity index (χ0) is 33.3. The Labute approximate surface area is 250 Å². The van der Waals surface area contributed by atoms with Crippen LogP contribution in [0, 0.1) is 0 Å². The fourth-order valence-electron chi connectivity index (χ4n) is 4.49. The van der Waals surface area contributed by atoms with Gasteiger partial charge in [0.25, 0.3) is 0 Å². The summed E-state index contributed by atoms with van der Waals surface area (Å²) in [6.45, 7) is 5.87. The third-order valence-corrected chi connectivity index (χ3v) is 5.86. The van der Waals surface area contributed by atoms with E-state index in [0.717, 1.165) is 48.5 Å². The Hall–Kier alpha value is -3.90. The molecule has 0 bridgehead atoms. The molecule has 10 atom stereocenters. The molecule has 0 aromatic carbocycles. The van der Waals surface area contributed by atoms with E-state index in [1.54, 1.807) is 0 Å². The van der Waals surface area contributed by atoms with E-state index in [1.807, 2.05) is 0 Å². The van der Waals surface area contributed by atoms with Gasteiger partial charge in [0.05, 0.1) is 6.61 Å². The van der Waals surface area contributed by atoms with Crippen molar-refractivity contribution in [3.63, 3.8) is 0 Å². The van der Waals surface area contributed by atoms with Gasteiger partial charge >= 0.3 is 41.8 Å². The minimum absolute atomic E-state index is 0.543. The van der Waals surface area contributed by atoms with E-state index in [-0.39, 0.29) is 0 Å². The van der Waals surface area contributed by atoms with Crippen LogP contribution in [-0.4, -0.2) is 116 Å². The molecule has 18 heteroatoms. The highest BCUT2D eigenvalue weighted by Crippen LogP contribution is 2.33. The predicted molar refractivity (Wildman–Crippen MR) is 134 cm³/mol. The van der Waals surface area contributed by atoms with E-state index in [2.05, 4.69) is 0 Å². The zero-order valence-electron chi connectivity index (χ0n) is 25.0. The number of hydrogen-bond acceptors (Lipinski definition) is 17. The molecule has 2 saturated heterocycles. The normalized spacial score (nSPS) is 31.5. The molecule has 0 radical (unpaired) electrons. The summed E-state index contributed by atoms with van der Waals surface area (Å²) in [6, 6.07) is 0. The molecule has 2 rings (SSSR count). The van der Waals surface area contributed by atoms with Gasteiger partial charge in [-0.2, -0.15) is 0 Å². The average Bonchev–Trinajstić information content (AvgIpc) is 2.87. The first-order valence-electron chi connectivity index (χ1n) is 13.2. The van der Waals surface area contributed by atoms with Gasteiger partial charge in [-0.15, -0.1) is 0 Å². The van der Waals surface area contributed by atoms with Crippen molar-refractivity contribution in [2.24, 2.45) is 0 Å². The number of esters is 7. The Bertz CT molecular complexity index is 1090. The highest BCUT2D eigenvalue weighted by atomic mass is 19.1. The van der Waals surface area contributed by atoms with E-state index in [4.69, 9.17) is 47.4 Å². The quantitative estimate of drug-likeness (QED) is 0.207. The molecule has 0 saturated carbocycles. The fraction of sp³-hybridized carbons (Fsp3) is 0.731. The van der Waals surface area contributed by atoms with Gasteiger partial charge in [0.15, 0.2) is 42.9 Å². The largest absolute Gasteiger partial charge is 0.463 e. The van der Waals surface area contributed by atoms with Crippen molar-refractivity contribution in [1.82, 2.24) is 0 Å². The van der Waals surface area contributed by atoms with Crippen molar-refractivity contribution in [2.75, 3.05) is 13.2 Å². The van der Waals surface area contributed by atoms with Gasteiger partial charge in [0.2, 0.25) is 6.36 Å². The summed E-state index contributed by atoms with van der Waals surface area (Å²) in [5.74, 6) is -6.18. The van der Waals surface area contributed by atoms with Crippen LogP contribution in [0.3, 0.4) is 0 Å². The van der Waals surface area contributed by atoms with Gasteiger partial charge < -0.3 is 47.4 Å². The van der Waals surface area contributed by atoms with Crippen LogP contribution < -0.4 is 0 Å². The monoisotopic (exact) mass is 638 g/mol. The van der Waals surface area contributed by atoms with Gasteiger partial charge in [-0.3, -0.25) is 33.6 Å². The Kier molecular flexibility index (Phi) is 13.4. The molecule has 0 unspecified atom stereocenters. The van der Waals surface area contributed by atoms with Crippen molar-refractivity contribution in [3.8, 4) is 0 Å². The molecule has 2 heterocycles. The average molecular weight is 639 g/mol. The molecule has 0 aromatic heterocycles. The first-order chi connectivity index (χ1) is 20.5. The van der Waals surface area contributed by atoms with Gasteiger partial charge in [-0.25, -0.2) is 4.39 Å². The van der Waals surface area contributed by atoms with Crippen molar-refractivity contribution in [2.45, 2.75) is 110 Å². The topological polar surface area (TPSA) is 212 Å². The molecule has 2 fully saturated rings. The number of hydrogen-bond donors (Lipinski definition) is 0. The molecule has 0 N–H and O–H groups in total. The predicted octanol–water partition coefficient (Wildman–Crippen LogP) is -0.424. The molecular formula is C26H35FO17. The Morgan fingerprint density at radius 3 is 1.27 bits per heavy atom. The van der Waals surface area contributed by atoms with Gasteiger partial charge in [-0.05, 0) is 0 Å². The van der Waals surface area contributed by atoms with E-state index in [1.165, 1.54) is 0 Å². The van der Waals surface area contributed by atoms with Crippen molar-refractivity contribution < 1.29 is 85.3 Å². The summed E-state index contributed by atoms with van der Waals surface area (Å²) in [4.78, 5) is 82.9. The van der Waals surface area contributed by atoms with Gasteiger partial charge in [0.1, 0.15) is 18.8 Å². The van der Waals surface area contributed by atoms with E-state index < -0.39 is 116 Å². The summed E-state index contributed by atoms with van der Waals surface area (Å²) >= 11 is 0. The lowest BCUT2D eigenvalue weighted by Gasteiger charge is -2.45. The van der Waals surface area contributed by atoms with Crippen LogP contribution in [0.25, 0.3) is 0 Å². The summed E-state index contributed by atoms with van der Waals surface area (Å²) in [7, 11) is 0. The number of carbonyl (C=O) groups excluding carboxylic acids is 7. The molecule has 0 aromatic rings. The fourth-order valence-corrected chi connectivity index (χ4v) is 4.49. The second kappa shape index (κ2) is 16.2. The lowest BCUT2D eigenvalue weighted by Crippen LogP contribution is -2.64. The first-order valence-corrected chi connectivity index (χ1v) is 13.2. The van der Waals surface area contributed by atoms with Crippen LogP contribution in [-0.2, 0) is 80.9 Å². The van der Waals surface area contributed by atoms with Gasteiger partial charge in [-0.1, -0.05) is 0 Å². The smallest absolute Gasteiger partial charge is 0.303 e. The summed E-state index contributed by atoms with van der Waals surface area (Å²) in [5.41, 5.74) is 0. The summed E-state index contributed by atoms with van der Waals surface area (Å²) in [5, 5.41) is 0. The highest BCUT2D eigenvalue weighted by molar-refractivity contribution is 5.69. The Morgan fingerprint density at radius 1 is 0.477 bits per heavy atom. The van der Waals surface area contributed by atoms with Crippen LogP contribution >= 0.6 is 0 Å².